The zero-order chi connectivity index (χ0) is 15.5. The van der Waals surface area contributed by atoms with Gasteiger partial charge in [-0.05, 0) is 38.0 Å². The molecule has 7 heteroatoms. The van der Waals surface area contributed by atoms with E-state index in [1.807, 2.05) is 20.8 Å². The third-order valence-corrected chi connectivity index (χ3v) is 5.99. The third kappa shape index (κ3) is 3.80. The second kappa shape index (κ2) is 7.32. The lowest BCUT2D eigenvalue weighted by molar-refractivity contribution is 0.354. The van der Waals surface area contributed by atoms with Crippen molar-refractivity contribution in [2.45, 2.75) is 44.0 Å². The van der Waals surface area contributed by atoms with E-state index in [-0.39, 0.29) is 21.8 Å². The summed E-state index contributed by atoms with van der Waals surface area (Å²) in [6.45, 7) is 6.01. The Morgan fingerprint density at radius 2 is 1.85 bits per heavy atom. The minimum absolute atomic E-state index is 0.0180. The van der Waals surface area contributed by atoms with Gasteiger partial charge in [-0.1, -0.05) is 30.1 Å². The summed E-state index contributed by atoms with van der Waals surface area (Å²) < 4.78 is 26.9. The smallest absolute Gasteiger partial charge is 0.207 e. The summed E-state index contributed by atoms with van der Waals surface area (Å²) in [5.41, 5.74) is 0.514. The van der Waals surface area contributed by atoms with E-state index in [1.54, 1.807) is 6.07 Å². The minimum atomic E-state index is -3.69. The zero-order valence-electron chi connectivity index (χ0n) is 11.7. The van der Waals surface area contributed by atoms with Crippen LogP contribution in [0.5, 0.6) is 0 Å². The van der Waals surface area contributed by atoms with Crippen LogP contribution in [0.4, 0.5) is 0 Å². The van der Waals surface area contributed by atoms with Crippen LogP contribution in [-0.4, -0.2) is 25.3 Å². The second-order valence-corrected chi connectivity index (χ2v) is 7.66. The van der Waals surface area contributed by atoms with Crippen molar-refractivity contribution in [2.75, 3.05) is 6.54 Å². The van der Waals surface area contributed by atoms with E-state index < -0.39 is 10.0 Å². The van der Waals surface area contributed by atoms with Gasteiger partial charge in [0, 0.05) is 23.5 Å². The highest BCUT2D eigenvalue weighted by molar-refractivity contribution is 7.89. The van der Waals surface area contributed by atoms with Crippen LogP contribution in [0.3, 0.4) is 0 Å². The fourth-order valence-corrected chi connectivity index (χ4v) is 4.82. The van der Waals surface area contributed by atoms with Crippen LogP contribution in [0.25, 0.3) is 0 Å². The van der Waals surface area contributed by atoms with Crippen LogP contribution >= 0.6 is 34.8 Å². The molecular formula is C13H18Cl3NO2S. The maximum atomic E-state index is 12.7. The Morgan fingerprint density at radius 3 is 2.30 bits per heavy atom. The first-order valence-electron chi connectivity index (χ1n) is 6.31. The molecule has 1 rings (SSSR count). The van der Waals surface area contributed by atoms with E-state index >= 15 is 0 Å². The molecule has 0 radical (unpaired) electrons. The van der Waals surface area contributed by atoms with Crippen molar-refractivity contribution in [1.82, 2.24) is 4.31 Å². The van der Waals surface area contributed by atoms with Gasteiger partial charge < -0.3 is 0 Å². The van der Waals surface area contributed by atoms with Crippen LogP contribution in [0.2, 0.25) is 10.0 Å². The molecule has 0 heterocycles. The molecule has 0 aliphatic heterocycles. The van der Waals surface area contributed by atoms with Gasteiger partial charge in [-0.25, -0.2) is 8.42 Å². The number of hydrogen-bond acceptors (Lipinski definition) is 2. The molecule has 0 aromatic heterocycles. The molecule has 0 saturated carbocycles. The lowest BCUT2D eigenvalue weighted by atomic mass is 10.2. The summed E-state index contributed by atoms with van der Waals surface area (Å²) in [6, 6.07) is 2.80. The molecule has 0 fully saturated rings. The maximum absolute atomic E-state index is 12.7. The quantitative estimate of drug-likeness (QED) is 0.700. The van der Waals surface area contributed by atoms with Crippen molar-refractivity contribution in [3.05, 3.63) is 27.7 Å². The molecule has 0 bridgehead atoms. The van der Waals surface area contributed by atoms with Crippen molar-refractivity contribution >= 4 is 44.8 Å². The first-order valence-corrected chi connectivity index (χ1v) is 9.04. The molecule has 3 nitrogen and oxygen atoms in total. The summed E-state index contributed by atoms with van der Waals surface area (Å²) >= 11 is 17.9. The fraction of sp³-hybridized carbons (Fsp3) is 0.538. The average Bonchev–Trinajstić information content (AvgIpc) is 2.37. The van der Waals surface area contributed by atoms with E-state index in [2.05, 4.69) is 0 Å². The average molecular weight is 359 g/mol. The van der Waals surface area contributed by atoms with Crippen molar-refractivity contribution in [3.63, 3.8) is 0 Å². The molecular weight excluding hydrogens is 341 g/mol. The highest BCUT2D eigenvalue weighted by Gasteiger charge is 2.29. The minimum Gasteiger partial charge on any atom is -0.207 e. The summed E-state index contributed by atoms with van der Waals surface area (Å²) in [7, 11) is -3.69. The summed E-state index contributed by atoms with van der Waals surface area (Å²) in [6.07, 6.45) is 0.720. The Balaban J connectivity index is 3.45. The fourth-order valence-electron chi connectivity index (χ4n) is 1.91. The van der Waals surface area contributed by atoms with Crippen LogP contribution in [0.15, 0.2) is 17.0 Å². The van der Waals surface area contributed by atoms with Gasteiger partial charge in [0.25, 0.3) is 0 Å². The lowest BCUT2D eigenvalue weighted by Gasteiger charge is -2.26. The molecule has 20 heavy (non-hydrogen) atoms. The summed E-state index contributed by atoms with van der Waals surface area (Å²) in [5.74, 6) is 0.109. The Bertz CT molecular complexity index is 573. The first kappa shape index (κ1) is 18.1. The normalized spacial score (nSPS) is 12.4. The summed E-state index contributed by atoms with van der Waals surface area (Å²) in [5, 5.41) is 0.454. The van der Waals surface area contributed by atoms with Gasteiger partial charge in [-0.3, -0.25) is 0 Å². The van der Waals surface area contributed by atoms with E-state index in [9.17, 15) is 8.42 Å². The standard InChI is InChI=1S/C13H18Cl3NO2S/c1-4-5-17(9(2)3)20(18,19)12-7-11(15)6-10(8-14)13(12)16/h6-7,9H,4-5,8H2,1-3H3. The Morgan fingerprint density at radius 1 is 1.25 bits per heavy atom. The third-order valence-electron chi connectivity index (χ3n) is 2.83. The largest absolute Gasteiger partial charge is 0.244 e. The van der Waals surface area contributed by atoms with E-state index in [4.69, 9.17) is 34.8 Å². The van der Waals surface area contributed by atoms with Crippen LogP contribution < -0.4 is 0 Å². The highest BCUT2D eigenvalue weighted by atomic mass is 35.5. The lowest BCUT2D eigenvalue weighted by Crippen LogP contribution is -2.37. The van der Waals surface area contributed by atoms with Gasteiger partial charge in [-0.2, -0.15) is 4.31 Å². The van der Waals surface area contributed by atoms with E-state index in [0.29, 0.717) is 17.1 Å². The van der Waals surface area contributed by atoms with Gasteiger partial charge >= 0.3 is 0 Å². The van der Waals surface area contributed by atoms with Crippen molar-refractivity contribution < 1.29 is 8.42 Å². The molecule has 1 aromatic carbocycles. The summed E-state index contributed by atoms with van der Waals surface area (Å²) in [4.78, 5) is 0.0180. The predicted molar refractivity (Wildman–Crippen MR) is 85.3 cm³/mol. The number of benzene rings is 1. The van der Waals surface area contributed by atoms with Crippen molar-refractivity contribution in [2.24, 2.45) is 0 Å². The van der Waals surface area contributed by atoms with Crippen molar-refractivity contribution in [1.29, 1.82) is 0 Å². The maximum Gasteiger partial charge on any atom is 0.244 e. The van der Waals surface area contributed by atoms with E-state index in [1.165, 1.54) is 10.4 Å². The Labute approximate surface area is 135 Å². The van der Waals surface area contributed by atoms with Gasteiger partial charge in [0.2, 0.25) is 10.0 Å². The molecule has 0 aliphatic rings. The highest BCUT2D eigenvalue weighted by Crippen LogP contribution is 2.33. The molecule has 0 aliphatic carbocycles. The number of hydrogen-bond donors (Lipinski definition) is 0. The SMILES string of the molecule is CCCN(C(C)C)S(=O)(=O)c1cc(Cl)cc(CCl)c1Cl. The Hall–Kier alpha value is -0.000000000000000111. The monoisotopic (exact) mass is 357 g/mol. The van der Waals surface area contributed by atoms with Crippen LogP contribution in [-0.2, 0) is 15.9 Å². The number of halogens is 3. The van der Waals surface area contributed by atoms with Gasteiger partial charge in [-0.15, -0.1) is 11.6 Å². The molecule has 0 N–H and O–H groups in total. The van der Waals surface area contributed by atoms with E-state index in [0.717, 1.165) is 6.42 Å². The molecule has 0 amide bonds. The second-order valence-electron chi connectivity index (χ2n) is 4.72. The predicted octanol–water partition coefficient (Wildman–Crippen LogP) is 4.54. The topological polar surface area (TPSA) is 37.4 Å². The number of sulfonamides is 1. The number of alkyl halides is 1. The van der Waals surface area contributed by atoms with Crippen LogP contribution in [0, 0.1) is 0 Å². The van der Waals surface area contributed by atoms with Gasteiger partial charge in [0.05, 0.1) is 5.02 Å². The van der Waals surface area contributed by atoms with Gasteiger partial charge in [0.15, 0.2) is 0 Å². The molecule has 0 spiro atoms. The Kier molecular flexibility index (Phi) is 6.61. The molecule has 1 aromatic rings. The van der Waals surface area contributed by atoms with Crippen LogP contribution in [0.1, 0.15) is 32.8 Å². The molecule has 0 unspecified atom stereocenters. The zero-order valence-corrected chi connectivity index (χ0v) is 14.7. The molecule has 0 saturated heterocycles. The first-order chi connectivity index (χ1) is 9.25. The molecule has 0 atom stereocenters. The number of rotatable bonds is 6. The van der Waals surface area contributed by atoms with Crippen molar-refractivity contribution in [3.8, 4) is 0 Å². The molecule has 114 valence electrons. The number of nitrogens with zero attached hydrogens (tertiary/aromatic N) is 1. The van der Waals surface area contributed by atoms with Gasteiger partial charge in [0.1, 0.15) is 4.90 Å².